The first-order chi connectivity index (χ1) is 13.9. The van der Waals surface area contributed by atoms with E-state index in [1.807, 2.05) is 12.1 Å². The number of alkyl halides is 3. The second-order valence-corrected chi connectivity index (χ2v) is 5.97. The molecule has 7 nitrogen and oxygen atoms in total. The van der Waals surface area contributed by atoms with Crippen LogP contribution in [0.5, 0.6) is 5.75 Å². The van der Waals surface area contributed by atoms with Gasteiger partial charge in [0, 0.05) is 5.56 Å². The van der Waals surface area contributed by atoms with Crippen LogP contribution in [0.1, 0.15) is 15.9 Å². The number of hydrogen-bond acceptors (Lipinski definition) is 5. The molecule has 0 saturated carbocycles. The number of methoxy groups -OCH3 is 1. The van der Waals surface area contributed by atoms with E-state index in [-0.39, 0.29) is 12.6 Å². The molecule has 1 aromatic heterocycles. The summed E-state index contributed by atoms with van der Waals surface area (Å²) in [6.45, 7) is -1.53. The molecular weight excluding hydrogens is 389 g/mol. The van der Waals surface area contributed by atoms with Gasteiger partial charge in [-0.05, 0) is 29.8 Å². The van der Waals surface area contributed by atoms with Gasteiger partial charge >= 0.3 is 6.18 Å². The lowest BCUT2D eigenvalue weighted by Crippen LogP contribution is -2.16. The number of ether oxygens (including phenoxy) is 2. The van der Waals surface area contributed by atoms with E-state index in [4.69, 9.17) is 4.74 Å². The molecule has 1 amide bonds. The molecule has 3 aromatic rings. The first-order valence-corrected chi connectivity index (χ1v) is 8.46. The zero-order valence-electron chi connectivity index (χ0n) is 15.3. The highest BCUT2D eigenvalue weighted by molar-refractivity contribution is 6.03. The molecule has 0 radical (unpaired) electrons. The third-order valence-corrected chi connectivity index (χ3v) is 3.82. The van der Waals surface area contributed by atoms with Gasteiger partial charge in [0.05, 0.1) is 19.3 Å². The number of halogens is 3. The Morgan fingerprint density at radius 1 is 1.14 bits per heavy atom. The molecule has 0 unspecified atom stereocenters. The number of carbonyl (C=O) groups is 1. The molecule has 0 aliphatic carbocycles. The molecule has 0 atom stereocenters. The minimum absolute atomic E-state index is 0.0773. The predicted octanol–water partition coefficient (Wildman–Crippen LogP) is 3.81. The summed E-state index contributed by atoms with van der Waals surface area (Å²) in [5, 5.41) is 9.25. The minimum atomic E-state index is -4.38. The number of hydrogen-bond donors (Lipinski definition) is 2. The number of rotatable bonds is 7. The normalized spacial score (nSPS) is 11.3. The van der Waals surface area contributed by atoms with Gasteiger partial charge in [-0.3, -0.25) is 15.2 Å². The zero-order valence-corrected chi connectivity index (χ0v) is 15.3. The van der Waals surface area contributed by atoms with Crippen molar-refractivity contribution in [3.8, 4) is 17.1 Å². The Balaban J connectivity index is 1.61. The number of nitrogens with zero attached hydrogens (tertiary/aromatic N) is 2. The molecule has 2 aromatic carbocycles. The van der Waals surface area contributed by atoms with Gasteiger partial charge in [-0.1, -0.05) is 24.3 Å². The van der Waals surface area contributed by atoms with Crippen LogP contribution < -0.4 is 10.1 Å². The van der Waals surface area contributed by atoms with E-state index in [9.17, 15) is 18.0 Å². The van der Waals surface area contributed by atoms with E-state index >= 15 is 0 Å². The summed E-state index contributed by atoms with van der Waals surface area (Å²) in [5.74, 6) is 0.645. The molecule has 0 bridgehead atoms. The lowest BCUT2D eigenvalue weighted by Gasteiger charge is -2.08. The molecule has 10 heteroatoms. The van der Waals surface area contributed by atoms with Crippen molar-refractivity contribution in [1.29, 1.82) is 0 Å². The van der Waals surface area contributed by atoms with Crippen LogP contribution >= 0.6 is 0 Å². The molecule has 0 aliphatic heterocycles. The van der Waals surface area contributed by atoms with E-state index in [1.165, 1.54) is 31.4 Å². The van der Waals surface area contributed by atoms with E-state index < -0.39 is 18.7 Å². The Kier molecular flexibility index (Phi) is 6.13. The number of H-pyrrole nitrogens is 1. The second kappa shape index (κ2) is 8.74. The molecule has 3 rings (SSSR count). The van der Waals surface area contributed by atoms with Gasteiger partial charge < -0.3 is 9.47 Å². The summed E-state index contributed by atoms with van der Waals surface area (Å²) >= 11 is 0. The van der Waals surface area contributed by atoms with Gasteiger partial charge in [0.25, 0.3) is 5.91 Å². The average Bonchev–Trinajstić information content (AvgIpc) is 3.15. The van der Waals surface area contributed by atoms with E-state index in [2.05, 4.69) is 25.2 Å². The average molecular weight is 406 g/mol. The maximum Gasteiger partial charge on any atom is 0.411 e. The summed E-state index contributed by atoms with van der Waals surface area (Å²) in [7, 11) is 1.54. The Morgan fingerprint density at radius 2 is 1.86 bits per heavy atom. The maximum atomic E-state index is 12.3. The largest absolute Gasteiger partial charge is 0.496 e. The van der Waals surface area contributed by atoms with Crippen molar-refractivity contribution in [2.45, 2.75) is 12.8 Å². The number of nitrogens with one attached hydrogen (secondary N) is 2. The Bertz CT molecular complexity index is 971. The van der Waals surface area contributed by atoms with Gasteiger partial charge in [-0.15, -0.1) is 5.10 Å². The fraction of sp³-hybridized carbons (Fsp3) is 0.211. The first kappa shape index (κ1) is 20.3. The molecular formula is C19H17F3N4O3. The van der Waals surface area contributed by atoms with Crippen molar-refractivity contribution < 1.29 is 27.4 Å². The number of para-hydroxylation sites is 1. The zero-order chi connectivity index (χ0) is 20.9. The van der Waals surface area contributed by atoms with Crippen LogP contribution in [0.2, 0.25) is 0 Å². The number of benzene rings is 2. The molecule has 0 saturated heterocycles. The van der Waals surface area contributed by atoms with Gasteiger partial charge in [0.15, 0.2) is 5.82 Å². The number of amides is 1. The highest BCUT2D eigenvalue weighted by atomic mass is 19.4. The van der Waals surface area contributed by atoms with Crippen molar-refractivity contribution in [1.82, 2.24) is 15.2 Å². The Hall–Kier alpha value is -3.40. The molecule has 2 N–H and O–H groups in total. The lowest BCUT2D eigenvalue weighted by molar-refractivity contribution is -0.176. The van der Waals surface area contributed by atoms with Crippen molar-refractivity contribution in [2.75, 3.05) is 19.0 Å². The summed E-state index contributed by atoms with van der Waals surface area (Å²) in [6.07, 6.45) is -4.38. The van der Waals surface area contributed by atoms with Crippen molar-refractivity contribution in [3.63, 3.8) is 0 Å². The first-order valence-electron chi connectivity index (χ1n) is 8.46. The molecule has 29 heavy (non-hydrogen) atoms. The predicted molar refractivity (Wildman–Crippen MR) is 98.5 cm³/mol. The third-order valence-electron chi connectivity index (χ3n) is 3.82. The fourth-order valence-corrected chi connectivity index (χ4v) is 2.49. The Morgan fingerprint density at radius 3 is 2.55 bits per heavy atom. The fourth-order valence-electron chi connectivity index (χ4n) is 2.49. The number of aromatic nitrogens is 3. The van der Waals surface area contributed by atoms with Crippen LogP contribution in [0.25, 0.3) is 11.4 Å². The SMILES string of the molecule is COc1ccccc1-c1nc(NC(=O)c2ccc(COCC(F)(F)F)cc2)n[nH]1. The standard InChI is InChI=1S/C19H17F3N4O3/c1-28-15-5-3-2-4-14(15)16-23-18(26-25-16)24-17(27)13-8-6-12(7-9-13)10-29-11-19(20,21)22/h2-9H,10-11H2,1H3,(H2,23,24,25,26,27). The van der Waals surface area contributed by atoms with E-state index in [0.29, 0.717) is 28.3 Å². The summed E-state index contributed by atoms with van der Waals surface area (Å²) in [6, 6.07) is 13.2. The highest BCUT2D eigenvalue weighted by Gasteiger charge is 2.27. The van der Waals surface area contributed by atoms with Gasteiger partial charge in [0.2, 0.25) is 5.95 Å². The number of anilines is 1. The van der Waals surface area contributed by atoms with Gasteiger partial charge in [0.1, 0.15) is 12.4 Å². The van der Waals surface area contributed by atoms with Crippen LogP contribution in [0, 0.1) is 0 Å². The van der Waals surface area contributed by atoms with E-state index in [1.54, 1.807) is 12.1 Å². The molecule has 1 heterocycles. The van der Waals surface area contributed by atoms with Crippen molar-refractivity contribution in [2.24, 2.45) is 0 Å². The van der Waals surface area contributed by atoms with Gasteiger partial charge in [-0.2, -0.15) is 18.2 Å². The topological polar surface area (TPSA) is 89.1 Å². The quantitative estimate of drug-likeness (QED) is 0.623. The van der Waals surface area contributed by atoms with Crippen LogP contribution in [0.15, 0.2) is 48.5 Å². The maximum absolute atomic E-state index is 12.3. The summed E-state index contributed by atoms with van der Waals surface area (Å²) in [4.78, 5) is 16.6. The summed E-state index contributed by atoms with van der Waals surface area (Å²) < 4.78 is 46.1. The highest BCUT2D eigenvalue weighted by Crippen LogP contribution is 2.27. The lowest BCUT2D eigenvalue weighted by atomic mass is 10.1. The van der Waals surface area contributed by atoms with E-state index in [0.717, 1.165) is 0 Å². The minimum Gasteiger partial charge on any atom is -0.496 e. The molecule has 0 aliphatic rings. The molecule has 0 spiro atoms. The Labute approximate surface area is 163 Å². The summed E-state index contributed by atoms with van der Waals surface area (Å²) in [5.41, 5.74) is 1.50. The molecule has 152 valence electrons. The number of carbonyl (C=O) groups excluding carboxylic acids is 1. The van der Waals surface area contributed by atoms with Crippen LogP contribution in [0.4, 0.5) is 19.1 Å². The van der Waals surface area contributed by atoms with Crippen LogP contribution in [-0.2, 0) is 11.3 Å². The smallest absolute Gasteiger partial charge is 0.411 e. The third kappa shape index (κ3) is 5.55. The second-order valence-electron chi connectivity index (χ2n) is 5.97. The van der Waals surface area contributed by atoms with Crippen LogP contribution in [0.3, 0.4) is 0 Å². The molecule has 0 fully saturated rings. The monoisotopic (exact) mass is 406 g/mol. The van der Waals surface area contributed by atoms with Crippen LogP contribution in [-0.4, -0.2) is 41.0 Å². The van der Waals surface area contributed by atoms with Crippen molar-refractivity contribution >= 4 is 11.9 Å². The van der Waals surface area contributed by atoms with Gasteiger partial charge in [-0.25, -0.2) is 0 Å². The van der Waals surface area contributed by atoms with Crippen molar-refractivity contribution in [3.05, 3.63) is 59.7 Å². The number of aromatic amines is 1.